The summed E-state index contributed by atoms with van der Waals surface area (Å²) in [6.45, 7) is 2.87. The summed E-state index contributed by atoms with van der Waals surface area (Å²) in [5, 5.41) is 0. The summed E-state index contributed by atoms with van der Waals surface area (Å²) in [4.78, 5) is 19.2. The average molecular weight is 284 g/mol. The third-order valence-corrected chi connectivity index (χ3v) is 4.02. The van der Waals surface area contributed by atoms with Crippen molar-refractivity contribution in [1.82, 2.24) is 9.97 Å². The molecule has 4 nitrogen and oxygen atoms in total. The van der Waals surface area contributed by atoms with Gasteiger partial charge in [0.1, 0.15) is 12.4 Å². The molecule has 2 aromatic rings. The summed E-state index contributed by atoms with van der Waals surface area (Å²) in [6.07, 6.45) is 3.75. The van der Waals surface area contributed by atoms with Gasteiger partial charge in [0.2, 0.25) is 0 Å². The van der Waals surface area contributed by atoms with E-state index >= 15 is 0 Å². The maximum absolute atomic E-state index is 11.9. The van der Waals surface area contributed by atoms with Crippen LogP contribution in [0.2, 0.25) is 0 Å². The molecule has 110 valence electrons. The van der Waals surface area contributed by atoms with Crippen LogP contribution < -0.4 is 5.56 Å². The number of rotatable bonds is 5. The van der Waals surface area contributed by atoms with Crippen LogP contribution in [0, 0.1) is 0 Å². The Kier molecular flexibility index (Phi) is 4.15. The van der Waals surface area contributed by atoms with Crippen molar-refractivity contribution in [3.63, 3.8) is 0 Å². The molecule has 21 heavy (non-hydrogen) atoms. The topological polar surface area (TPSA) is 55.0 Å². The first-order valence-electron chi connectivity index (χ1n) is 7.55. The van der Waals surface area contributed by atoms with Crippen molar-refractivity contribution < 1.29 is 4.74 Å². The van der Waals surface area contributed by atoms with E-state index in [1.54, 1.807) is 6.07 Å². The van der Waals surface area contributed by atoms with Crippen molar-refractivity contribution in [2.75, 3.05) is 6.61 Å². The molecule has 1 aromatic carbocycles. The summed E-state index contributed by atoms with van der Waals surface area (Å²) >= 11 is 0. The van der Waals surface area contributed by atoms with Gasteiger partial charge in [-0.15, -0.1) is 0 Å². The van der Waals surface area contributed by atoms with Crippen molar-refractivity contribution in [2.24, 2.45) is 0 Å². The Hall–Kier alpha value is -1.94. The summed E-state index contributed by atoms with van der Waals surface area (Å²) in [5.74, 6) is 1.19. The minimum absolute atomic E-state index is 0.127. The predicted molar refractivity (Wildman–Crippen MR) is 82.2 cm³/mol. The number of H-pyrrole nitrogens is 1. The molecule has 0 bridgehead atoms. The average Bonchev–Trinajstić information content (AvgIpc) is 2.43. The molecular weight excluding hydrogens is 264 g/mol. The first-order chi connectivity index (χ1) is 10.3. The van der Waals surface area contributed by atoms with Crippen LogP contribution in [0.5, 0.6) is 0 Å². The number of hydrogen-bond donors (Lipinski definition) is 1. The van der Waals surface area contributed by atoms with Gasteiger partial charge in [0.05, 0.1) is 5.69 Å². The van der Waals surface area contributed by atoms with E-state index in [0.29, 0.717) is 25.0 Å². The molecule has 0 atom stereocenters. The number of hydrogen-bond acceptors (Lipinski definition) is 3. The van der Waals surface area contributed by atoms with Crippen molar-refractivity contribution in [3.05, 3.63) is 52.1 Å². The zero-order valence-electron chi connectivity index (χ0n) is 12.3. The van der Waals surface area contributed by atoms with E-state index in [2.05, 4.69) is 28.2 Å². The Morgan fingerprint density at radius 3 is 2.86 bits per heavy atom. The standard InChI is InChI=1S/C17H20N2O2/c1-2-21-11-16-18-15(10-17(20)19-16)14-9-4-3-8-13(14)12-6-5-7-12/h3-4,8-10,12H,2,5-7,11H2,1H3,(H,18,19,20). The van der Waals surface area contributed by atoms with E-state index < -0.39 is 0 Å². The van der Waals surface area contributed by atoms with Gasteiger partial charge >= 0.3 is 0 Å². The highest BCUT2D eigenvalue weighted by Gasteiger charge is 2.22. The fraction of sp³-hybridized carbons (Fsp3) is 0.412. The Labute approximate surface area is 124 Å². The highest BCUT2D eigenvalue weighted by atomic mass is 16.5. The van der Waals surface area contributed by atoms with Gasteiger partial charge in [-0.25, -0.2) is 4.98 Å². The Morgan fingerprint density at radius 1 is 1.33 bits per heavy atom. The summed E-state index contributed by atoms with van der Waals surface area (Å²) < 4.78 is 5.34. The molecule has 1 aliphatic carbocycles. The predicted octanol–water partition coefficient (Wildman–Crippen LogP) is 3.24. The molecule has 0 aliphatic heterocycles. The van der Waals surface area contributed by atoms with Crippen LogP contribution in [-0.2, 0) is 11.3 Å². The zero-order chi connectivity index (χ0) is 14.7. The van der Waals surface area contributed by atoms with Gasteiger partial charge in [-0.2, -0.15) is 0 Å². The lowest BCUT2D eigenvalue weighted by molar-refractivity contribution is 0.128. The third kappa shape index (κ3) is 3.05. The smallest absolute Gasteiger partial charge is 0.251 e. The fourth-order valence-corrected chi connectivity index (χ4v) is 2.72. The summed E-state index contributed by atoms with van der Waals surface area (Å²) in [5.41, 5.74) is 3.00. The molecule has 1 N–H and O–H groups in total. The van der Waals surface area contributed by atoms with E-state index in [-0.39, 0.29) is 5.56 Å². The molecule has 4 heteroatoms. The van der Waals surface area contributed by atoms with Crippen LogP contribution in [0.4, 0.5) is 0 Å². The number of benzene rings is 1. The molecule has 1 aromatic heterocycles. The van der Waals surface area contributed by atoms with E-state index in [9.17, 15) is 4.79 Å². The minimum Gasteiger partial charge on any atom is -0.374 e. The molecule has 0 unspecified atom stereocenters. The zero-order valence-corrected chi connectivity index (χ0v) is 12.3. The second-order valence-electron chi connectivity index (χ2n) is 5.43. The van der Waals surface area contributed by atoms with Gasteiger partial charge in [0, 0.05) is 18.2 Å². The molecule has 0 spiro atoms. The fourth-order valence-electron chi connectivity index (χ4n) is 2.72. The maximum atomic E-state index is 11.9. The lowest BCUT2D eigenvalue weighted by Crippen LogP contribution is -2.14. The quantitative estimate of drug-likeness (QED) is 0.917. The summed E-state index contributed by atoms with van der Waals surface area (Å²) in [7, 11) is 0. The Bertz CT molecular complexity index is 674. The van der Waals surface area contributed by atoms with E-state index in [0.717, 1.165) is 11.3 Å². The molecule has 0 radical (unpaired) electrons. The van der Waals surface area contributed by atoms with Gasteiger partial charge in [-0.3, -0.25) is 4.79 Å². The maximum Gasteiger partial charge on any atom is 0.251 e. The van der Waals surface area contributed by atoms with Crippen LogP contribution in [-0.4, -0.2) is 16.6 Å². The highest BCUT2D eigenvalue weighted by molar-refractivity contribution is 5.64. The van der Waals surface area contributed by atoms with Gasteiger partial charge in [-0.05, 0) is 31.2 Å². The largest absolute Gasteiger partial charge is 0.374 e. The normalized spacial score (nSPS) is 14.9. The molecule has 0 amide bonds. The molecule has 1 aliphatic rings. The highest BCUT2D eigenvalue weighted by Crippen LogP contribution is 2.40. The summed E-state index contributed by atoms with van der Waals surface area (Å²) in [6, 6.07) is 9.85. The Balaban J connectivity index is 2.00. The first kappa shape index (κ1) is 14.0. The van der Waals surface area contributed by atoms with Crippen molar-refractivity contribution in [3.8, 4) is 11.3 Å². The second-order valence-corrected chi connectivity index (χ2v) is 5.43. The molecular formula is C17H20N2O2. The van der Waals surface area contributed by atoms with Crippen molar-refractivity contribution in [1.29, 1.82) is 0 Å². The van der Waals surface area contributed by atoms with Crippen molar-refractivity contribution >= 4 is 0 Å². The third-order valence-electron chi connectivity index (χ3n) is 4.02. The molecule has 1 fully saturated rings. The van der Waals surface area contributed by atoms with Crippen LogP contribution in [0.3, 0.4) is 0 Å². The lowest BCUT2D eigenvalue weighted by Gasteiger charge is -2.27. The van der Waals surface area contributed by atoms with Crippen LogP contribution in [0.15, 0.2) is 35.1 Å². The van der Waals surface area contributed by atoms with Crippen LogP contribution in [0.1, 0.15) is 43.5 Å². The van der Waals surface area contributed by atoms with Crippen molar-refractivity contribution in [2.45, 2.75) is 38.7 Å². The monoisotopic (exact) mass is 284 g/mol. The molecule has 3 rings (SSSR count). The SMILES string of the molecule is CCOCc1nc(-c2ccccc2C2CCC2)cc(=O)[nH]1. The van der Waals surface area contributed by atoms with E-state index in [1.165, 1.54) is 24.8 Å². The van der Waals surface area contributed by atoms with Gasteiger partial charge < -0.3 is 9.72 Å². The van der Waals surface area contributed by atoms with Crippen LogP contribution >= 0.6 is 0 Å². The number of aromatic nitrogens is 2. The molecule has 1 saturated carbocycles. The minimum atomic E-state index is -0.127. The number of ether oxygens (including phenoxy) is 1. The first-order valence-corrected chi connectivity index (χ1v) is 7.55. The van der Waals surface area contributed by atoms with Crippen LogP contribution in [0.25, 0.3) is 11.3 Å². The Morgan fingerprint density at radius 2 is 2.14 bits per heavy atom. The van der Waals surface area contributed by atoms with Gasteiger partial charge in [0.15, 0.2) is 0 Å². The number of nitrogens with one attached hydrogen (secondary N) is 1. The molecule has 1 heterocycles. The number of nitrogens with zero attached hydrogens (tertiary/aromatic N) is 1. The van der Waals surface area contributed by atoms with Gasteiger partial charge in [0.25, 0.3) is 5.56 Å². The van der Waals surface area contributed by atoms with E-state index in [1.807, 2.05) is 13.0 Å². The number of aromatic amines is 1. The molecule has 0 saturated heterocycles. The van der Waals surface area contributed by atoms with E-state index in [4.69, 9.17) is 4.74 Å². The lowest BCUT2D eigenvalue weighted by atomic mass is 9.78. The van der Waals surface area contributed by atoms with Gasteiger partial charge in [-0.1, -0.05) is 30.7 Å². The second kappa shape index (κ2) is 6.22.